The molecular formula is C25H23F4N3O3. The summed E-state index contributed by atoms with van der Waals surface area (Å²) in [6, 6.07) is 6.32. The minimum atomic E-state index is -4.52. The number of rotatable bonds is 5. The van der Waals surface area contributed by atoms with Crippen LogP contribution in [0.1, 0.15) is 52.9 Å². The van der Waals surface area contributed by atoms with Gasteiger partial charge in [-0.1, -0.05) is 6.07 Å². The molecule has 0 bridgehead atoms. The lowest BCUT2D eigenvalue weighted by atomic mass is 9.99. The highest BCUT2D eigenvalue weighted by Crippen LogP contribution is 2.45. The minimum absolute atomic E-state index is 0.0264. The molecule has 184 valence electrons. The van der Waals surface area contributed by atoms with E-state index in [1.807, 2.05) is 6.92 Å². The zero-order valence-electron chi connectivity index (χ0n) is 18.8. The van der Waals surface area contributed by atoms with Gasteiger partial charge in [0.1, 0.15) is 24.0 Å². The van der Waals surface area contributed by atoms with Crippen molar-refractivity contribution in [1.82, 2.24) is 9.88 Å². The molecule has 2 aliphatic rings. The van der Waals surface area contributed by atoms with E-state index in [0.717, 1.165) is 31.0 Å². The second-order valence-electron chi connectivity index (χ2n) is 9.08. The number of hydrogen-bond acceptors (Lipinski definition) is 5. The minimum Gasteiger partial charge on any atom is -0.491 e. The number of hydrogen-bond donors (Lipinski definition) is 2. The van der Waals surface area contributed by atoms with Crippen molar-refractivity contribution in [3.8, 4) is 5.75 Å². The Labute approximate surface area is 198 Å². The van der Waals surface area contributed by atoms with Crippen LogP contribution in [-0.4, -0.2) is 33.5 Å². The molecule has 0 saturated heterocycles. The number of nitrogen functional groups attached to an aromatic ring is 1. The predicted molar refractivity (Wildman–Crippen MR) is 120 cm³/mol. The fourth-order valence-electron chi connectivity index (χ4n) is 4.70. The van der Waals surface area contributed by atoms with Crippen LogP contribution in [0.25, 0.3) is 10.9 Å². The van der Waals surface area contributed by atoms with E-state index in [0.29, 0.717) is 16.5 Å². The molecule has 0 radical (unpaired) electrons. The maximum absolute atomic E-state index is 15.2. The Kier molecular flexibility index (Phi) is 5.58. The van der Waals surface area contributed by atoms with Crippen molar-refractivity contribution in [2.45, 2.75) is 44.6 Å². The van der Waals surface area contributed by atoms with Gasteiger partial charge in [-0.2, -0.15) is 13.2 Å². The molecule has 1 amide bonds. The molecule has 1 aromatic heterocycles. The predicted octanol–water partition coefficient (Wildman–Crippen LogP) is 4.84. The number of aliphatic hydroxyl groups excluding tert-OH is 1. The number of nitrogens with two attached hydrogens (primary N) is 1. The lowest BCUT2D eigenvalue weighted by Crippen LogP contribution is -2.43. The Balaban J connectivity index is 1.56. The third-order valence-electron chi connectivity index (χ3n) is 6.83. The Hall–Kier alpha value is -3.40. The zero-order valence-corrected chi connectivity index (χ0v) is 18.8. The molecule has 3 aromatic rings. The molecule has 35 heavy (non-hydrogen) atoms. The van der Waals surface area contributed by atoms with E-state index in [9.17, 15) is 23.1 Å². The molecule has 1 fully saturated rings. The number of anilines is 1. The molecule has 6 nitrogen and oxygen atoms in total. The lowest BCUT2D eigenvalue weighted by molar-refractivity contribution is -0.137. The summed E-state index contributed by atoms with van der Waals surface area (Å²) in [5.74, 6) is -1.03. The van der Waals surface area contributed by atoms with Crippen molar-refractivity contribution >= 4 is 22.6 Å². The fourth-order valence-corrected chi connectivity index (χ4v) is 4.70. The van der Waals surface area contributed by atoms with Gasteiger partial charge in [0.2, 0.25) is 0 Å². The van der Waals surface area contributed by atoms with Gasteiger partial charge < -0.3 is 20.5 Å². The lowest BCUT2D eigenvalue weighted by Gasteiger charge is -2.34. The molecule has 10 heteroatoms. The summed E-state index contributed by atoms with van der Waals surface area (Å²) in [5.41, 5.74) is 5.80. The van der Waals surface area contributed by atoms with Gasteiger partial charge >= 0.3 is 6.18 Å². The van der Waals surface area contributed by atoms with Crippen LogP contribution in [0.5, 0.6) is 5.75 Å². The maximum Gasteiger partial charge on any atom is 0.416 e. The maximum atomic E-state index is 15.2. The first-order valence-corrected chi connectivity index (χ1v) is 11.2. The zero-order chi connectivity index (χ0) is 25.1. The van der Waals surface area contributed by atoms with Crippen molar-refractivity contribution in [2.75, 3.05) is 12.3 Å². The summed E-state index contributed by atoms with van der Waals surface area (Å²) < 4.78 is 60.2. The van der Waals surface area contributed by atoms with Crippen molar-refractivity contribution in [3.05, 3.63) is 64.5 Å². The van der Waals surface area contributed by atoms with E-state index in [1.165, 1.54) is 17.0 Å². The normalized spacial score (nSPS) is 18.3. The van der Waals surface area contributed by atoms with Crippen LogP contribution in [0.15, 0.2) is 36.4 Å². The monoisotopic (exact) mass is 489 g/mol. The Bertz CT molecular complexity index is 1320. The molecule has 2 atom stereocenters. The first-order chi connectivity index (χ1) is 16.6. The van der Waals surface area contributed by atoms with Crippen molar-refractivity contribution < 1.29 is 32.2 Å². The van der Waals surface area contributed by atoms with Gasteiger partial charge in [-0.15, -0.1) is 0 Å². The highest BCUT2D eigenvalue weighted by atomic mass is 19.4. The number of nitrogens with zero attached hydrogens (tertiary/aromatic N) is 2. The number of fused-ring (bicyclic) bond motifs is 2. The number of aliphatic hydroxyl groups is 1. The van der Waals surface area contributed by atoms with E-state index >= 15 is 4.39 Å². The molecule has 3 N–H and O–H groups in total. The largest absolute Gasteiger partial charge is 0.491 e. The molecule has 2 aromatic carbocycles. The average molecular weight is 489 g/mol. The summed E-state index contributed by atoms with van der Waals surface area (Å²) in [6.45, 7) is 1.47. The Morgan fingerprint density at radius 2 is 2.00 bits per heavy atom. The van der Waals surface area contributed by atoms with Crippen molar-refractivity contribution in [3.63, 3.8) is 0 Å². The summed E-state index contributed by atoms with van der Waals surface area (Å²) in [5, 5.41) is 9.93. The van der Waals surface area contributed by atoms with Crippen molar-refractivity contribution in [1.29, 1.82) is 0 Å². The number of amides is 1. The number of carbonyl (C=O) groups is 1. The fraction of sp³-hybridized carbons (Fsp3) is 0.360. The average Bonchev–Trinajstić information content (AvgIpc) is 3.58. The van der Waals surface area contributed by atoms with Gasteiger partial charge in [-0.3, -0.25) is 4.79 Å². The van der Waals surface area contributed by atoms with Crippen LogP contribution in [0.3, 0.4) is 0 Å². The molecule has 0 spiro atoms. The number of ether oxygens (including phenoxy) is 1. The van der Waals surface area contributed by atoms with Crippen LogP contribution in [0, 0.1) is 11.7 Å². The highest BCUT2D eigenvalue weighted by molar-refractivity contribution is 5.99. The van der Waals surface area contributed by atoms with Crippen molar-refractivity contribution in [2.24, 2.45) is 5.92 Å². The van der Waals surface area contributed by atoms with Gasteiger partial charge in [-0.05, 0) is 49.9 Å². The van der Waals surface area contributed by atoms with E-state index in [2.05, 4.69) is 4.98 Å². The summed E-state index contributed by atoms with van der Waals surface area (Å²) >= 11 is 0. The van der Waals surface area contributed by atoms with Gasteiger partial charge in [-0.25, -0.2) is 9.37 Å². The molecule has 2 heterocycles. The first kappa shape index (κ1) is 23.3. The summed E-state index contributed by atoms with van der Waals surface area (Å²) in [7, 11) is 0. The number of benzene rings is 2. The van der Waals surface area contributed by atoms with Crippen LogP contribution < -0.4 is 10.5 Å². The van der Waals surface area contributed by atoms with Gasteiger partial charge in [0.25, 0.3) is 5.91 Å². The van der Waals surface area contributed by atoms with Gasteiger partial charge in [0.05, 0.1) is 29.3 Å². The summed E-state index contributed by atoms with van der Waals surface area (Å²) in [6.07, 6.45) is -2.71. The number of pyridine rings is 1. The van der Waals surface area contributed by atoms with Gasteiger partial charge in [0.15, 0.2) is 0 Å². The molecular weight excluding hydrogens is 466 g/mol. The van der Waals surface area contributed by atoms with E-state index < -0.39 is 29.5 Å². The first-order valence-electron chi connectivity index (χ1n) is 11.2. The topological polar surface area (TPSA) is 88.7 Å². The molecule has 5 rings (SSSR count). The number of alkyl halides is 3. The quantitative estimate of drug-likeness (QED) is 0.501. The van der Waals surface area contributed by atoms with Gasteiger partial charge in [0, 0.05) is 28.6 Å². The van der Waals surface area contributed by atoms with Crippen LogP contribution in [-0.2, 0) is 12.8 Å². The smallest absolute Gasteiger partial charge is 0.416 e. The molecule has 1 aliphatic heterocycles. The third-order valence-corrected chi connectivity index (χ3v) is 6.83. The van der Waals surface area contributed by atoms with Crippen LogP contribution in [0.4, 0.5) is 23.4 Å². The van der Waals surface area contributed by atoms with E-state index in [-0.39, 0.29) is 47.8 Å². The molecule has 1 aliphatic carbocycles. The molecule has 1 saturated carbocycles. The highest BCUT2D eigenvalue weighted by Gasteiger charge is 2.43. The second kappa shape index (κ2) is 8.37. The Morgan fingerprint density at radius 1 is 1.26 bits per heavy atom. The van der Waals surface area contributed by atoms with E-state index in [1.54, 1.807) is 6.07 Å². The standard InChI is InChI=1S/C25H23F4N3O3/c1-12(13-2-3-13)32(21-11-35-22-8-16(25(27,28)29)4-5-17(21)22)24(34)18-7-14-6-15(10-33)23(30)31-20(14)9-19(18)26/h4-9,12-13,21,33H,2-3,10-11H2,1H3,(H2,30,31). The number of carbonyl (C=O) groups excluding carboxylic acids is 1. The summed E-state index contributed by atoms with van der Waals surface area (Å²) in [4.78, 5) is 19.4. The molecule has 2 unspecified atom stereocenters. The van der Waals surface area contributed by atoms with Crippen LogP contribution >= 0.6 is 0 Å². The van der Waals surface area contributed by atoms with E-state index in [4.69, 9.17) is 10.5 Å². The third kappa shape index (κ3) is 4.16. The Morgan fingerprint density at radius 3 is 2.66 bits per heavy atom. The number of aromatic nitrogens is 1. The number of halogens is 4. The van der Waals surface area contributed by atoms with Crippen LogP contribution in [0.2, 0.25) is 0 Å². The SMILES string of the molecule is CC(C1CC1)N(C(=O)c1cc2cc(CO)c(N)nc2cc1F)C1COc2cc(C(F)(F)F)ccc21. The second-order valence-corrected chi connectivity index (χ2v) is 9.08.